The number of carbonyl (C=O) groups is 2. The van der Waals surface area contributed by atoms with Crippen molar-refractivity contribution in [2.75, 3.05) is 30.5 Å². The molecular weight excluding hydrogens is 336 g/mol. The Morgan fingerprint density at radius 1 is 1.27 bits per heavy atom. The quantitative estimate of drug-likeness (QED) is 0.841. The molecule has 2 heterocycles. The lowest BCUT2D eigenvalue weighted by atomic mass is 10.2. The molecule has 2 aromatic rings. The molecule has 0 unspecified atom stereocenters. The van der Waals surface area contributed by atoms with Gasteiger partial charge in [0.1, 0.15) is 5.69 Å². The number of amides is 2. The number of anilines is 2. The Morgan fingerprint density at radius 3 is 2.85 bits per heavy atom. The highest BCUT2D eigenvalue weighted by Gasteiger charge is 2.22. The Labute approximate surface area is 150 Å². The van der Waals surface area contributed by atoms with E-state index < -0.39 is 5.91 Å². The van der Waals surface area contributed by atoms with E-state index >= 15 is 0 Å². The fourth-order valence-corrected chi connectivity index (χ4v) is 2.78. The number of hydrogen-bond donors (Lipinski definition) is 1. The van der Waals surface area contributed by atoms with Crippen LogP contribution in [0.2, 0.25) is 0 Å². The maximum atomic E-state index is 12.4. The molecule has 0 atom stereocenters. The Hall–Kier alpha value is -3.00. The summed E-state index contributed by atoms with van der Waals surface area (Å²) >= 11 is 0. The molecule has 1 aliphatic heterocycles. The number of rotatable bonds is 6. The monoisotopic (exact) mass is 356 g/mol. The second kappa shape index (κ2) is 7.92. The number of carbonyl (C=O) groups excluding carboxylic acids is 2. The summed E-state index contributed by atoms with van der Waals surface area (Å²) in [6.07, 6.45) is 1.38. The molecule has 3 rings (SSSR count). The van der Waals surface area contributed by atoms with E-state index in [0.717, 1.165) is 12.1 Å². The maximum Gasteiger partial charge on any atom is 0.276 e. The third-order valence-electron chi connectivity index (χ3n) is 4.10. The minimum absolute atomic E-state index is 0.0837. The number of nitrogens with one attached hydrogen (secondary N) is 1. The highest BCUT2D eigenvalue weighted by Crippen LogP contribution is 2.24. The topological polar surface area (TPSA) is 93.5 Å². The Kier molecular flexibility index (Phi) is 5.43. The second-order valence-electron chi connectivity index (χ2n) is 5.93. The second-order valence-corrected chi connectivity index (χ2v) is 5.93. The standard InChI is InChI=1S/C18H20N4O4/c1-26-11-10-22-17(24)8-7-15(20-22)18(25)19-13-4-2-5-14(12-13)21-9-3-6-16(21)23/h2,4-5,7-8,12H,3,6,9-11H2,1H3,(H,19,25). The van der Waals surface area contributed by atoms with Crippen molar-refractivity contribution in [3.8, 4) is 0 Å². The average molecular weight is 356 g/mol. The van der Waals surface area contributed by atoms with E-state index in [1.165, 1.54) is 23.9 Å². The van der Waals surface area contributed by atoms with E-state index in [2.05, 4.69) is 10.4 Å². The lowest BCUT2D eigenvalue weighted by molar-refractivity contribution is -0.117. The van der Waals surface area contributed by atoms with Crippen LogP contribution in [-0.2, 0) is 16.1 Å². The average Bonchev–Trinajstić information content (AvgIpc) is 3.07. The van der Waals surface area contributed by atoms with Crippen LogP contribution in [0.1, 0.15) is 23.3 Å². The van der Waals surface area contributed by atoms with Crippen LogP contribution in [0.25, 0.3) is 0 Å². The number of ether oxygens (including phenoxy) is 1. The van der Waals surface area contributed by atoms with Crippen molar-refractivity contribution in [1.82, 2.24) is 9.78 Å². The van der Waals surface area contributed by atoms with E-state index in [1.807, 2.05) is 6.07 Å². The molecule has 0 spiro atoms. The van der Waals surface area contributed by atoms with Crippen molar-refractivity contribution < 1.29 is 14.3 Å². The number of methoxy groups -OCH3 is 1. The minimum Gasteiger partial charge on any atom is -0.383 e. The lowest BCUT2D eigenvalue weighted by Gasteiger charge is -2.16. The van der Waals surface area contributed by atoms with Gasteiger partial charge in [0.05, 0.1) is 13.2 Å². The van der Waals surface area contributed by atoms with Gasteiger partial charge in [0.25, 0.3) is 11.5 Å². The van der Waals surface area contributed by atoms with Crippen LogP contribution in [0.5, 0.6) is 0 Å². The summed E-state index contributed by atoms with van der Waals surface area (Å²) in [5.74, 6) is -0.346. The molecule has 0 radical (unpaired) electrons. The van der Waals surface area contributed by atoms with Crippen LogP contribution in [-0.4, -0.2) is 41.9 Å². The third kappa shape index (κ3) is 3.97. The molecule has 1 N–H and O–H groups in total. The van der Waals surface area contributed by atoms with Gasteiger partial charge in [0, 0.05) is 37.5 Å². The molecule has 0 aliphatic carbocycles. The predicted molar refractivity (Wildman–Crippen MR) is 96.4 cm³/mol. The number of hydrogen-bond acceptors (Lipinski definition) is 5. The van der Waals surface area contributed by atoms with Gasteiger partial charge < -0.3 is 15.0 Å². The van der Waals surface area contributed by atoms with Gasteiger partial charge in [-0.15, -0.1) is 0 Å². The first-order valence-electron chi connectivity index (χ1n) is 8.37. The van der Waals surface area contributed by atoms with Gasteiger partial charge >= 0.3 is 0 Å². The summed E-state index contributed by atoms with van der Waals surface area (Å²) < 4.78 is 6.13. The molecular formula is C18H20N4O4. The predicted octanol–water partition coefficient (Wildman–Crippen LogP) is 1.27. The molecule has 1 saturated heterocycles. The first kappa shape index (κ1) is 17.8. The summed E-state index contributed by atoms with van der Waals surface area (Å²) in [7, 11) is 1.53. The van der Waals surface area contributed by atoms with Crippen LogP contribution in [0.3, 0.4) is 0 Å². The number of aromatic nitrogens is 2. The molecule has 1 fully saturated rings. The highest BCUT2D eigenvalue weighted by atomic mass is 16.5. The zero-order valence-electron chi connectivity index (χ0n) is 14.5. The van der Waals surface area contributed by atoms with Gasteiger partial charge in [-0.1, -0.05) is 6.07 Å². The molecule has 0 bridgehead atoms. The summed E-state index contributed by atoms with van der Waals surface area (Å²) in [5.41, 5.74) is 1.14. The Balaban J connectivity index is 1.76. The van der Waals surface area contributed by atoms with Crippen LogP contribution in [0.4, 0.5) is 11.4 Å². The molecule has 8 heteroatoms. The van der Waals surface area contributed by atoms with Crippen molar-refractivity contribution in [3.63, 3.8) is 0 Å². The molecule has 2 amide bonds. The zero-order valence-corrected chi connectivity index (χ0v) is 14.5. The van der Waals surface area contributed by atoms with E-state index in [0.29, 0.717) is 25.3 Å². The van der Waals surface area contributed by atoms with Crippen LogP contribution < -0.4 is 15.8 Å². The molecule has 8 nitrogen and oxygen atoms in total. The number of nitrogens with zero attached hydrogens (tertiary/aromatic N) is 3. The van der Waals surface area contributed by atoms with Crippen molar-refractivity contribution in [1.29, 1.82) is 0 Å². The molecule has 1 aliphatic rings. The molecule has 136 valence electrons. The van der Waals surface area contributed by atoms with E-state index in [4.69, 9.17) is 4.74 Å². The fraction of sp³-hybridized carbons (Fsp3) is 0.333. The normalized spacial score (nSPS) is 13.9. The fourth-order valence-electron chi connectivity index (χ4n) is 2.78. The first-order valence-corrected chi connectivity index (χ1v) is 8.37. The molecule has 26 heavy (non-hydrogen) atoms. The summed E-state index contributed by atoms with van der Waals surface area (Å²) in [4.78, 5) is 37.8. The van der Waals surface area contributed by atoms with E-state index in [1.54, 1.807) is 23.1 Å². The van der Waals surface area contributed by atoms with Crippen molar-refractivity contribution in [2.24, 2.45) is 0 Å². The van der Waals surface area contributed by atoms with E-state index in [9.17, 15) is 14.4 Å². The largest absolute Gasteiger partial charge is 0.383 e. The van der Waals surface area contributed by atoms with Crippen molar-refractivity contribution >= 4 is 23.2 Å². The highest BCUT2D eigenvalue weighted by molar-refractivity contribution is 6.03. The molecule has 1 aromatic carbocycles. The SMILES string of the molecule is COCCn1nc(C(=O)Nc2cccc(N3CCCC3=O)c2)ccc1=O. The van der Waals surface area contributed by atoms with Crippen molar-refractivity contribution in [2.45, 2.75) is 19.4 Å². The van der Waals surface area contributed by atoms with Crippen LogP contribution in [0.15, 0.2) is 41.2 Å². The smallest absolute Gasteiger partial charge is 0.276 e. The Bertz CT molecular complexity index is 877. The van der Waals surface area contributed by atoms with Gasteiger partial charge in [-0.25, -0.2) is 4.68 Å². The minimum atomic E-state index is -0.430. The van der Waals surface area contributed by atoms with E-state index in [-0.39, 0.29) is 23.7 Å². The van der Waals surface area contributed by atoms with Gasteiger partial charge in [-0.05, 0) is 30.7 Å². The van der Waals surface area contributed by atoms with Crippen LogP contribution in [0, 0.1) is 0 Å². The van der Waals surface area contributed by atoms with Gasteiger partial charge in [0.2, 0.25) is 5.91 Å². The van der Waals surface area contributed by atoms with Crippen LogP contribution >= 0.6 is 0 Å². The van der Waals surface area contributed by atoms with Crippen molar-refractivity contribution in [3.05, 3.63) is 52.4 Å². The lowest BCUT2D eigenvalue weighted by Crippen LogP contribution is -2.27. The molecule has 0 saturated carbocycles. The van der Waals surface area contributed by atoms with Gasteiger partial charge in [-0.3, -0.25) is 14.4 Å². The number of benzene rings is 1. The Morgan fingerprint density at radius 2 is 2.12 bits per heavy atom. The van der Waals surface area contributed by atoms with Gasteiger partial charge in [0.15, 0.2) is 0 Å². The zero-order chi connectivity index (χ0) is 18.5. The summed E-state index contributed by atoms with van der Waals surface area (Å²) in [5, 5.41) is 6.82. The summed E-state index contributed by atoms with van der Waals surface area (Å²) in [6.45, 7) is 1.27. The maximum absolute atomic E-state index is 12.4. The summed E-state index contributed by atoms with van der Waals surface area (Å²) in [6, 6.07) is 9.79. The first-order chi connectivity index (χ1) is 12.6. The van der Waals surface area contributed by atoms with Gasteiger partial charge in [-0.2, -0.15) is 5.10 Å². The molecule has 1 aromatic heterocycles. The third-order valence-corrected chi connectivity index (χ3v) is 4.10.